The van der Waals surface area contributed by atoms with Crippen LogP contribution in [-0.2, 0) is 21.5 Å². The number of amides is 4. The molecule has 1 unspecified atom stereocenters. The Morgan fingerprint density at radius 1 is 1.00 bits per heavy atom. The van der Waals surface area contributed by atoms with Gasteiger partial charge in [0.15, 0.2) is 0 Å². The number of hydrogen-bond donors (Lipinski definition) is 4. The molecule has 1 aliphatic rings. The molecule has 1 fully saturated rings. The number of aryl methyl sites for hydroxylation is 1. The van der Waals surface area contributed by atoms with Crippen LogP contribution in [0.3, 0.4) is 0 Å². The van der Waals surface area contributed by atoms with Gasteiger partial charge in [0.2, 0.25) is 5.91 Å². The average Bonchev–Trinajstić information content (AvgIpc) is 3.34. The third-order valence-corrected chi connectivity index (χ3v) is 6.30. The lowest BCUT2D eigenvalue weighted by atomic mass is 9.92. The number of nitrogens with one attached hydrogen (secondary N) is 4. The third kappa shape index (κ3) is 4.26. The van der Waals surface area contributed by atoms with E-state index in [9.17, 15) is 18.8 Å². The van der Waals surface area contributed by atoms with Gasteiger partial charge in [0, 0.05) is 28.7 Å². The summed E-state index contributed by atoms with van der Waals surface area (Å²) < 4.78 is 14.0. The van der Waals surface area contributed by atoms with Gasteiger partial charge in [-0.05, 0) is 60.4 Å². The number of halogens is 1. The first-order valence-electron chi connectivity index (χ1n) is 11.2. The molecule has 0 spiro atoms. The van der Waals surface area contributed by atoms with Crippen LogP contribution >= 0.6 is 0 Å². The summed E-state index contributed by atoms with van der Waals surface area (Å²) in [4.78, 5) is 40.1. The van der Waals surface area contributed by atoms with Crippen LogP contribution in [0, 0.1) is 5.82 Å². The van der Waals surface area contributed by atoms with Crippen molar-refractivity contribution in [3.8, 4) is 11.3 Å². The van der Waals surface area contributed by atoms with E-state index in [1.165, 1.54) is 12.1 Å². The van der Waals surface area contributed by atoms with E-state index >= 15 is 0 Å². The zero-order chi connectivity index (χ0) is 24.6. The molecule has 4 amide bonds. The Hall–Kier alpha value is -4.46. The smallest absolute Gasteiger partial charge is 0.322 e. The van der Waals surface area contributed by atoms with Crippen molar-refractivity contribution < 1.29 is 18.8 Å². The fourth-order valence-electron chi connectivity index (χ4n) is 4.45. The molecule has 1 aliphatic heterocycles. The molecule has 0 aliphatic carbocycles. The Morgan fingerprint density at radius 2 is 1.80 bits per heavy atom. The molecule has 5 rings (SSSR count). The van der Waals surface area contributed by atoms with Crippen LogP contribution in [0.15, 0.2) is 72.8 Å². The number of hydrogen-bond acceptors (Lipinski definition) is 3. The van der Waals surface area contributed by atoms with E-state index in [0.29, 0.717) is 17.7 Å². The van der Waals surface area contributed by atoms with Crippen LogP contribution in [-0.4, -0.2) is 22.8 Å². The lowest BCUT2D eigenvalue weighted by Crippen LogP contribution is -2.40. The number of carbonyl (C=O) groups excluding carboxylic acids is 3. The third-order valence-electron chi connectivity index (χ3n) is 6.30. The number of anilines is 1. The zero-order valence-electron chi connectivity index (χ0n) is 18.9. The molecule has 0 saturated carbocycles. The van der Waals surface area contributed by atoms with Crippen LogP contribution in [0.5, 0.6) is 0 Å². The molecule has 0 radical (unpaired) electrons. The first-order valence-corrected chi connectivity index (χ1v) is 11.2. The number of urea groups is 1. The van der Waals surface area contributed by atoms with Crippen molar-refractivity contribution in [3.63, 3.8) is 0 Å². The van der Waals surface area contributed by atoms with Gasteiger partial charge in [-0.2, -0.15) is 0 Å². The molecule has 3 aromatic carbocycles. The van der Waals surface area contributed by atoms with Gasteiger partial charge in [0.25, 0.3) is 5.91 Å². The maximum Gasteiger partial charge on any atom is 0.322 e. The Bertz CT molecular complexity index is 1460. The number of rotatable bonds is 6. The molecule has 7 nitrogen and oxygen atoms in total. The number of carbonyl (C=O) groups is 3. The Labute approximate surface area is 200 Å². The molecule has 176 valence electrons. The van der Waals surface area contributed by atoms with Gasteiger partial charge < -0.3 is 15.6 Å². The Balaban J connectivity index is 1.36. The second kappa shape index (κ2) is 8.72. The minimum absolute atomic E-state index is 0.169. The van der Waals surface area contributed by atoms with E-state index in [4.69, 9.17) is 0 Å². The van der Waals surface area contributed by atoms with Crippen LogP contribution in [0.1, 0.15) is 24.5 Å². The normalized spacial score (nSPS) is 17.3. The largest absolute Gasteiger partial charge is 0.354 e. The predicted octanol–water partition coefficient (Wildman–Crippen LogP) is 4.60. The van der Waals surface area contributed by atoms with Crippen LogP contribution in [0.2, 0.25) is 0 Å². The molecule has 4 N–H and O–H groups in total. The topological polar surface area (TPSA) is 103 Å². The van der Waals surface area contributed by atoms with Gasteiger partial charge >= 0.3 is 6.03 Å². The Kier molecular flexibility index (Phi) is 5.56. The van der Waals surface area contributed by atoms with Crippen molar-refractivity contribution in [1.82, 2.24) is 15.6 Å². The Morgan fingerprint density at radius 3 is 2.54 bits per heavy atom. The van der Waals surface area contributed by atoms with E-state index in [1.807, 2.05) is 30.3 Å². The van der Waals surface area contributed by atoms with E-state index in [0.717, 1.165) is 27.7 Å². The van der Waals surface area contributed by atoms with Crippen molar-refractivity contribution in [2.75, 3.05) is 5.32 Å². The summed E-state index contributed by atoms with van der Waals surface area (Å²) in [5.74, 6) is -1.02. The van der Waals surface area contributed by atoms with Gasteiger partial charge in [0.1, 0.15) is 11.4 Å². The SMILES string of the molecule is CC1(c2cccc(NC(=O)CCc3c(-c4ccccc4)[nH]c4ccc(F)cc34)c2)NC(=O)NC1=O. The first-order chi connectivity index (χ1) is 16.8. The van der Waals surface area contributed by atoms with E-state index < -0.39 is 17.5 Å². The number of benzene rings is 3. The molecule has 8 heteroatoms. The monoisotopic (exact) mass is 470 g/mol. The molecule has 1 aromatic heterocycles. The fraction of sp³-hybridized carbons (Fsp3) is 0.148. The van der Waals surface area contributed by atoms with Crippen molar-refractivity contribution in [1.29, 1.82) is 0 Å². The number of aromatic amines is 1. The van der Waals surface area contributed by atoms with Gasteiger partial charge in [-0.1, -0.05) is 42.5 Å². The number of fused-ring (bicyclic) bond motifs is 1. The van der Waals surface area contributed by atoms with Gasteiger partial charge in [-0.25, -0.2) is 9.18 Å². The van der Waals surface area contributed by atoms with Crippen molar-refractivity contribution in [2.45, 2.75) is 25.3 Å². The highest BCUT2D eigenvalue weighted by atomic mass is 19.1. The van der Waals surface area contributed by atoms with Crippen LogP contribution in [0.25, 0.3) is 22.2 Å². The number of aromatic nitrogens is 1. The summed E-state index contributed by atoms with van der Waals surface area (Å²) in [6.07, 6.45) is 0.567. The highest BCUT2D eigenvalue weighted by Crippen LogP contribution is 2.32. The van der Waals surface area contributed by atoms with Crippen molar-refractivity contribution in [2.24, 2.45) is 0 Å². The molecule has 1 saturated heterocycles. The number of H-pyrrole nitrogens is 1. The summed E-state index contributed by atoms with van der Waals surface area (Å²) in [6, 6.07) is 20.6. The number of imide groups is 1. The van der Waals surface area contributed by atoms with E-state index in [1.54, 1.807) is 37.3 Å². The lowest BCUT2D eigenvalue weighted by Gasteiger charge is -2.21. The summed E-state index contributed by atoms with van der Waals surface area (Å²) in [5.41, 5.74) is 3.34. The van der Waals surface area contributed by atoms with Crippen molar-refractivity contribution in [3.05, 3.63) is 89.7 Å². The standard InChI is InChI=1S/C27H23FN4O3/c1-27(25(34)31-26(35)32-27)17-8-5-9-19(14-17)29-23(33)13-11-20-21-15-18(28)10-12-22(21)30-24(20)16-6-3-2-4-7-16/h2-10,12,14-15,30H,11,13H2,1H3,(H,29,33)(H2,31,32,34,35). The van der Waals surface area contributed by atoms with E-state index in [2.05, 4.69) is 20.9 Å². The van der Waals surface area contributed by atoms with E-state index in [-0.39, 0.29) is 18.1 Å². The zero-order valence-corrected chi connectivity index (χ0v) is 18.9. The second-order valence-corrected chi connectivity index (χ2v) is 8.70. The second-order valence-electron chi connectivity index (χ2n) is 8.70. The summed E-state index contributed by atoms with van der Waals surface area (Å²) in [5, 5.41) is 8.46. The minimum Gasteiger partial charge on any atom is -0.354 e. The highest BCUT2D eigenvalue weighted by molar-refractivity contribution is 6.07. The quantitative estimate of drug-likeness (QED) is 0.310. The van der Waals surface area contributed by atoms with Gasteiger partial charge in [-0.3, -0.25) is 14.9 Å². The highest BCUT2D eigenvalue weighted by Gasteiger charge is 2.43. The molecule has 1 atom stereocenters. The summed E-state index contributed by atoms with van der Waals surface area (Å²) in [6.45, 7) is 1.61. The maximum atomic E-state index is 14.0. The first kappa shape index (κ1) is 22.3. The maximum absolute atomic E-state index is 14.0. The predicted molar refractivity (Wildman–Crippen MR) is 131 cm³/mol. The minimum atomic E-state index is -1.21. The lowest BCUT2D eigenvalue weighted by molar-refractivity contribution is -0.123. The van der Waals surface area contributed by atoms with Crippen LogP contribution in [0.4, 0.5) is 14.9 Å². The molecule has 0 bridgehead atoms. The average molecular weight is 471 g/mol. The molecular formula is C27H23FN4O3. The van der Waals surface area contributed by atoms with Gasteiger partial charge in [0.05, 0.1) is 0 Å². The molecule has 35 heavy (non-hydrogen) atoms. The van der Waals surface area contributed by atoms with Crippen molar-refractivity contribution >= 4 is 34.4 Å². The molecular weight excluding hydrogens is 447 g/mol. The molecule has 4 aromatic rings. The fourth-order valence-corrected chi connectivity index (χ4v) is 4.45. The van der Waals surface area contributed by atoms with Crippen LogP contribution < -0.4 is 16.0 Å². The van der Waals surface area contributed by atoms with Gasteiger partial charge in [-0.15, -0.1) is 0 Å². The summed E-state index contributed by atoms with van der Waals surface area (Å²) >= 11 is 0. The molecule has 2 heterocycles. The summed E-state index contributed by atoms with van der Waals surface area (Å²) in [7, 11) is 0.